The molecular formula is C14H21N3O2. The fourth-order valence-electron chi connectivity index (χ4n) is 2.31. The normalized spacial score (nSPS) is 20.3. The third-order valence-electron chi connectivity index (χ3n) is 3.31. The summed E-state index contributed by atoms with van der Waals surface area (Å²) in [7, 11) is 1.64. The lowest BCUT2D eigenvalue weighted by Gasteiger charge is -2.22. The predicted molar refractivity (Wildman–Crippen MR) is 73.0 cm³/mol. The van der Waals surface area contributed by atoms with Gasteiger partial charge < -0.3 is 15.0 Å². The Balaban J connectivity index is 2.15. The molecule has 2 heterocycles. The molecule has 1 aliphatic rings. The number of rotatable bonds is 3. The van der Waals surface area contributed by atoms with Gasteiger partial charge in [-0.25, -0.2) is 0 Å². The number of pyridine rings is 1. The van der Waals surface area contributed by atoms with E-state index in [2.05, 4.69) is 10.3 Å². The molecule has 5 heteroatoms. The van der Waals surface area contributed by atoms with E-state index in [9.17, 15) is 4.79 Å². The minimum absolute atomic E-state index is 0.116. The standard InChI is InChI=1S/C14H21N3O2/c1-10-7-13(19-3)8-12(16-10)9-17-6-4-5-15-11(2)14(17)18/h7-8,11,15H,4-6,9H2,1-3H3. The maximum absolute atomic E-state index is 12.2. The molecule has 1 saturated heterocycles. The first-order valence-electron chi connectivity index (χ1n) is 6.64. The van der Waals surface area contributed by atoms with Crippen LogP contribution in [0.1, 0.15) is 24.7 Å². The van der Waals surface area contributed by atoms with Crippen molar-refractivity contribution >= 4 is 5.91 Å². The molecule has 0 aliphatic carbocycles. The summed E-state index contributed by atoms with van der Waals surface area (Å²) in [6, 6.07) is 3.66. The van der Waals surface area contributed by atoms with Crippen LogP contribution in [0, 0.1) is 6.92 Å². The fraction of sp³-hybridized carbons (Fsp3) is 0.571. The number of amides is 1. The highest BCUT2D eigenvalue weighted by Gasteiger charge is 2.23. The largest absolute Gasteiger partial charge is 0.497 e. The second kappa shape index (κ2) is 6.02. The number of aryl methyl sites for hydroxylation is 1. The lowest BCUT2D eigenvalue weighted by atomic mass is 10.2. The highest BCUT2D eigenvalue weighted by atomic mass is 16.5. The van der Waals surface area contributed by atoms with Crippen LogP contribution in [-0.2, 0) is 11.3 Å². The summed E-state index contributed by atoms with van der Waals surface area (Å²) in [5, 5.41) is 3.21. The van der Waals surface area contributed by atoms with Crippen LogP contribution < -0.4 is 10.1 Å². The van der Waals surface area contributed by atoms with Crippen molar-refractivity contribution in [3.8, 4) is 5.75 Å². The first-order chi connectivity index (χ1) is 9.10. The Labute approximate surface area is 114 Å². The van der Waals surface area contributed by atoms with Crippen molar-refractivity contribution in [2.45, 2.75) is 32.9 Å². The number of nitrogens with zero attached hydrogens (tertiary/aromatic N) is 2. The molecular weight excluding hydrogens is 242 g/mol. The van der Waals surface area contributed by atoms with Crippen LogP contribution in [0.25, 0.3) is 0 Å². The van der Waals surface area contributed by atoms with Crippen molar-refractivity contribution in [3.63, 3.8) is 0 Å². The second-order valence-electron chi connectivity index (χ2n) is 4.93. The first-order valence-corrected chi connectivity index (χ1v) is 6.64. The minimum atomic E-state index is -0.116. The molecule has 1 amide bonds. The van der Waals surface area contributed by atoms with Gasteiger partial charge in [0.25, 0.3) is 0 Å². The minimum Gasteiger partial charge on any atom is -0.497 e. The van der Waals surface area contributed by atoms with Crippen LogP contribution in [0.3, 0.4) is 0 Å². The molecule has 0 spiro atoms. The van der Waals surface area contributed by atoms with Gasteiger partial charge in [-0.1, -0.05) is 0 Å². The van der Waals surface area contributed by atoms with Gasteiger partial charge in [-0.3, -0.25) is 9.78 Å². The third kappa shape index (κ3) is 3.44. The molecule has 1 aromatic rings. The third-order valence-corrected chi connectivity index (χ3v) is 3.31. The summed E-state index contributed by atoms with van der Waals surface area (Å²) >= 11 is 0. The number of carbonyl (C=O) groups excluding carboxylic acids is 1. The summed E-state index contributed by atoms with van der Waals surface area (Å²) in [6.45, 7) is 6.04. The number of methoxy groups -OCH3 is 1. The molecule has 0 saturated carbocycles. The molecule has 1 N–H and O–H groups in total. The van der Waals surface area contributed by atoms with E-state index in [1.54, 1.807) is 7.11 Å². The second-order valence-corrected chi connectivity index (χ2v) is 4.93. The van der Waals surface area contributed by atoms with E-state index < -0.39 is 0 Å². The number of ether oxygens (including phenoxy) is 1. The Morgan fingerprint density at radius 1 is 1.53 bits per heavy atom. The zero-order chi connectivity index (χ0) is 13.8. The van der Waals surface area contributed by atoms with Crippen LogP contribution in [0.15, 0.2) is 12.1 Å². The molecule has 104 valence electrons. The van der Waals surface area contributed by atoms with Crippen molar-refractivity contribution in [3.05, 3.63) is 23.5 Å². The van der Waals surface area contributed by atoms with E-state index in [0.29, 0.717) is 6.54 Å². The van der Waals surface area contributed by atoms with E-state index in [-0.39, 0.29) is 11.9 Å². The van der Waals surface area contributed by atoms with Crippen LogP contribution >= 0.6 is 0 Å². The maximum Gasteiger partial charge on any atom is 0.239 e. The molecule has 1 aliphatic heterocycles. The Hall–Kier alpha value is -1.62. The van der Waals surface area contributed by atoms with Gasteiger partial charge in [-0.2, -0.15) is 0 Å². The number of hydrogen-bond acceptors (Lipinski definition) is 4. The fourth-order valence-corrected chi connectivity index (χ4v) is 2.31. The van der Waals surface area contributed by atoms with Crippen LogP contribution in [0.2, 0.25) is 0 Å². The average Bonchev–Trinajstić information content (AvgIpc) is 2.54. The zero-order valence-corrected chi connectivity index (χ0v) is 11.8. The highest BCUT2D eigenvalue weighted by molar-refractivity contribution is 5.81. The summed E-state index contributed by atoms with van der Waals surface area (Å²) < 4.78 is 5.24. The smallest absolute Gasteiger partial charge is 0.239 e. The molecule has 1 unspecified atom stereocenters. The molecule has 0 radical (unpaired) electrons. The molecule has 1 fully saturated rings. The van der Waals surface area contributed by atoms with Gasteiger partial charge in [0, 0.05) is 24.4 Å². The molecule has 0 aromatic carbocycles. The monoisotopic (exact) mass is 263 g/mol. The quantitative estimate of drug-likeness (QED) is 0.887. The maximum atomic E-state index is 12.2. The van der Waals surface area contributed by atoms with Crippen LogP contribution in [0.4, 0.5) is 0 Å². The Bertz CT molecular complexity index is 462. The van der Waals surface area contributed by atoms with E-state index in [4.69, 9.17) is 4.74 Å². The van der Waals surface area contributed by atoms with Gasteiger partial charge in [-0.15, -0.1) is 0 Å². The van der Waals surface area contributed by atoms with E-state index >= 15 is 0 Å². The van der Waals surface area contributed by atoms with Gasteiger partial charge in [-0.05, 0) is 26.8 Å². The van der Waals surface area contributed by atoms with Crippen molar-refractivity contribution < 1.29 is 9.53 Å². The molecule has 1 atom stereocenters. The van der Waals surface area contributed by atoms with Crippen molar-refractivity contribution in [2.24, 2.45) is 0 Å². The number of hydrogen-bond donors (Lipinski definition) is 1. The van der Waals surface area contributed by atoms with Gasteiger partial charge in [0.05, 0.1) is 25.4 Å². The summed E-state index contributed by atoms with van der Waals surface area (Å²) in [6.07, 6.45) is 0.971. The predicted octanol–water partition coefficient (Wildman–Crippen LogP) is 1.11. The lowest BCUT2D eigenvalue weighted by molar-refractivity contribution is -0.132. The zero-order valence-electron chi connectivity index (χ0n) is 11.8. The molecule has 19 heavy (non-hydrogen) atoms. The molecule has 5 nitrogen and oxygen atoms in total. The number of carbonyl (C=O) groups is 1. The van der Waals surface area contributed by atoms with E-state index in [0.717, 1.165) is 36.6 Å². The van der Waals surface area contributed by atoms with Crippen molar-refractivity contribution in [1.29, 1.82) is 0 Å². The number of nitrogens with one attached hydrogen (secondary N) is 1. The molecule has 2 rings (SSSR count). The van der Waals surface area contributed by atoms with Crippen LogP contribution in [-0.4, -0.2) is 42.0 Å². The van der Waals surface area contributed by atoms with Gasteiger partial charge >= 0.3 is 0 Å². The van der Waals surface area contributed by atoms with Gasteiger partial charge in [0.2, 0.25) is 5.91 Å². The topological polar surface area (TPSA) is 54.5 Å². The summed E-state index contributed by atoms with van der Waals surface area (Å²) in [5.74, 6) is 0.927. The highest BCUT2D eigenvalue weighted by Crippen LogP contribution is 2.16. The average molecular weight is 263 g/mol. The van der Waals surface area contributed by atoms with E-state index in [1.807, 2.05) is 30.9 Å². The SMILES string of the molecule is COc1cc(C)nc(CN2CCCNC(C)C2=O)c1. The van der Waals surface area contributed by atoms with Gasteiger partial charge in [0.1, 0.15) is 5.75 Å². The Morgan fingerprint density at radius 3 is 3.05 bits per heavy atom. The van der Waals surface area contributed by atoms with Gasteiger partial charge in [0.15, 0.2) is 0 Å². The van der Waals surface area contributed by atoms with Crippen LogP contribution in [0.5, 0.6) is 5.75 Å². The molecule has 0 bridgehead atoms. The van der Waals surface area contributed by atoms with Crippen molar-refractivity contribution in [1.82, 2.24) is 15.2 Å². The Morgan fingerprint density at radius 2 is 2.32 bits per heavy atom. The summed E-state index contributed by atoms with van der Waals surface area (Å²) in [4.78, 5) is 18.5. The first kappa shape index (κ1) is 13.8. The summed E-state index contributed by atoms with van der Waals surface area (Å²) in [5.41, 5.74) is 1.78. The lowest BCUT2D eigenvalue weighted by Crippen LogP contribution is -2.41. The van der Waals surface area contributed by atoms with Crippen molar-refractivity contribution in [2.75, 3.05) is 20.2 Å². The molecule has 1 aromatic heterocycles. The van der Waals surface area contributed by atoms with E-state index in [1.165, 1.54) is 0 Å². The number of aromatic nitrogens is 1. The Kier molecular flexibility index (Phi) is 4.37.